The summed E-state index contributed by atoms with van der Waals surface area (Å²) in [6, 6.07) is 9.91. The zero-order valence-electron chi connectivity index (χ0n) is 10.4. The molecule has 0 unspecified atom stereocenters. The van der Waals surface area contributed by atoms with Crippen LogP contribution in [0.3, 0.4) is 0 Å². The van der Waals surface area contributed by atoms with Gasteiger partial charge in [0, 0.05) is 6.20 Å². The summed E-state index contributed by atoms with van der Waals surface area (Å²) >= 11 is 0. The number of benzene rings is 1. The summed E-state index contributed by atoms with van der Waals surface area (Å²) < 4.78 is 15.9. The van der Waals surface area contributed by atoms with Gasteiger partial charge in [-0.2, -0.15) is 0 Å². The van der Waals surface area contributed by atoms with Gasteiger partial charge in [-0.3, -0.25) is 4.40 Å². The van der Waals surface area contributed by atoms with Crippen molar-refractivity contribution in [3.05, 3.63) is 70.0 Å². The molecule has 0 amide bonds. The van der Waals surface area contributed by atoms with Crippen LogP contribution in [0.4, 0.5) is 4.39 Å². The minimum absolute atomic E-state index is 0.195. The van der Waals surface area contributed by atoms with Crippen molar-refractivity contribution in [2.75, 3.05) is 0 Å². The first-order valence-corrected chi connectivity index (χ1v) is 5.94. The maximum Gasteiger partial charge on any atom is 0.350 e. The van der Waals surface area contributed by atoms with E-state index in [-0.39, 0.29) is 11.5 Å². The summed E-state index contributed by atoms with van der Waals surface area (Å²) in [7, 11) is 0. The van der Waals surface area contributed by atoms with Crippen LogP contribution < -0.4 is 5.69 Å². The third-order valence-electron chi connectivity index (χ3n) is 3.11. The average Bonchev–Trinajstić information content (AvgIpc) is 2.70. The van der Waals surface area contributed by atoms with Crippen LogP contribution in [-0.2, 0) is 6.54 Å². The molecule has 19 heavy (non-hydrogen) atoms. The lowest BCUT2D eigenvalue weighted by molar-refractivity contribution is 0.620. The van der Waals surface area contributed by atoms with Crippen molar-refractivity contribution >= 4 is 5.65 Å². The van der Waals surface area contributed by atoms with Crippen LogP contribution in [0.15, 0.2) is 47.4 Å². The fraction of sp³-hybridized carbons (Fsp3) is 0.143. The average molecular weight is 257 g/mol. The van der Waals surface area contributed by atoms with Gasteiger partial charge in [0.15, 0.2) is 5.65 Å². The fourth-order valence-corrected chi connectivity index (χ4v) is 2.07. The lowest BCUT2D eigenvalue weighted by atomic mass is 10.1. The number of fused-ring (bicyclic) bond motifs is 1. The van der Waals surface area contributed by atoms with Gasteiger partial charge in [-0.15, -0.1) is 5.10 Å². The second-order valence-corrected chi connectivity index (χ2v) is 4.44. The topological polar surface area (TPSA) is 39.3 Å². The summed E-state index contributed by atoms with van der Waals surface area (Å²) in [5.74, 6) is -0.274. The first-order chi connectivity index (χ1) is 9.15. The number of aryl methyl sites for hydroxylation is 1. The predicted octanol–water partition coefficient (Wildman–Crippen LogP) is 1.99. The van der Waals surface area contributed by atoms with Crippen LogP contribution in [-0.4, -0.2) is 14.2 Å². The largest absolute Gasteiger partial charge is 0.350 e. The molecule has 0 radical (unpaired) electrons. The Bertz CT molecular complexity index is 804. The van der Waals surface area contributed by atoms with E-state index in [1.54, 1.807) is 24.4 Å². The Morgan fingerprint density at radius 1 is 1.26 bits per heavy atom. The van der Waals surface area contributed by atoms with Crippen molar-refractivity contribution in [3.8, 4) is 0 Å². The number of aromatic nitrogens is 3. The number of rotatable bonds is 2. The molecule has 0 fully saturated rings. The SMILES string of the molecule is Cc1cc(F)ccc1Cn1nc2ccccn2c1=O. The molecule has 0 saturated carbocycles. The highest BCUT2D eigenvalue weighted by Gasteiger charge is 2.08. The fourth-order valence-electron chi connectivity index (χ4n) is 2.07. The van der Waals surface area contributed by atoms with E-state index in [4.69, 9.17) is 0 Å². The molecular weight excluding hydrogens is 245 g/mol. The second-order valence-electron chi connectivity index (χ2n) is 4.44. The summed E-state index contributed by atoms with van der Waals surface area (Å²) in [6.45, 7) is 2.16. The van der Waals surface area contributed by atoms with Crippen LogP contribution in [0, 0.1) is 12.7 Å². The molecule has 0 aliphatic carbocycles. The summed E-state index contributed by atoms with van der Waals surface area (Å²) in [5, 5.41) is 4.24. The zero-order valence-corrected chi connectivity index (χ0v) is 10.4. The van der Waals surface area contributed by atoms with Gasteiger partial charge in [-0.25, -0.2) is 13.9 Å². The van der Waals surface area contributed by atoms with Crippen molar-refractivity contribution in [3.63, 3.8) is 0 Å². The number of hydrogen-bond donors (Lipinski definition) is 0. The molecule has 1 aromatic carbocycles. The number of hydrogen-bond acceptors (Lipinski definition) is 2. The molecular formula is C14H12FN3O. The zero-order chi connectivity index (χ0) is 13.4. The molecule has 2 aromatic heterocycles. The van der Waals surface area contributed by atoms with Crippen LogP contribution in [0.1, 0.15) is 11.1 Å². The molecule has 5 heteroatoms. The Morgan fingerprint density at radius 2 is 2.11 bits per heavy atom. The summed E-state index contributed by atoms with van der Waals surface area (Å²) in [4.78, 5) is 12.1. The molecule has 0 N–H and O–H groups in total. The van der Waals surface area contributed by atoms with Crippen molar-refractivity contribution in [1.82, 2.24) is 14.2 Å². The highest BCUT2D eigenvalue weighted by molar-refractivity contribution is 5.36. The first-order valence-electron chi connectivity index (χ1n) is 5.94. The maximum absolute atomic E-state index is 13.0. The lowest BCUT2D eigenvalue weighted by Crippen LogP contribution is -2.21. The molecule has 0 spiro atoms. The van der Waals surface area contributed by atoms with Crippen molar-refractivity contribution in [1.29, 1.82) is 0 Å². The van der Waals surface area contributed by atoms with Crippen molar-refractivity contribution in [2.24, 2.45) is 0 Å². The molecule has 0 aliphatic heterocycles. The third kappa shape index (κ3) is 2.03. The third-order valence-corrected chi connectivity index (χ3v) is 3.11. The molecule has 0 bridgehead atoms. The predicted molar refractivity (Wildman–Crippen MR) is 69.7 cm³/mol. The van der Waals surface area contributed by atoms with E-state index in [2.05, 4.69) is 5.10 Å². The molecule has 0 atom stereocenters. The van der Waals surface area contributed by atoms with E-state index >= 15 is 0 Å². The van der Waals surface area contributed by atoms with Crippen molar-refractivity contribution in [2.45, 2.75) is 13.5 Å². The van der Waals surface area contributed by atoms with E-state index < -0.39 is 0 Å². The Kier molecular flexibility index (Phi) is 2.67. The van der Waals surface area contributed by atoms with Gasteiger partial charge < -0.3 is 0 Å². The minimum Gasteiger partial charge on any atom is -0.250 e. The molecule has 0 saturated heterocycles. The van der Waals surface area contributed by atoms with Gasteiger partial charge >= 0.3 is 5.69 Å². The van der Waals surface area contributed by atoms with Gasteiger partial charge in [0.25, 0.3) is 0 Å². The quantitative estimate of drug-likeness (QED) is 0.704. The minimum atomic E-state index is -0.274. The van der Waals surface area contributed by atoms with E-state index in [0.717, 1.165) is 11.1 Å². The smallest absolute Gasteiger partial charge is 0.250 e. The summed E-state index contributed by atoms with van der Waals surface area (Å²) in [5.41, 5.74) is 2.10. The van der Waals surface area contributed by atoms with Gasteiger partial charge in [0.05, 0.1) is 6.54 Å². The van der Waals surface area contributed by atoms with E-state index in [1.165, 1.54) is 21.2 Å². The highest BCUT2D eigenvalue weighted by atomic mass is 19.1. The van der Waals surface area contributed by atoms with Gasteiger partial charge in [0.1, 0.15) is 5.82 Å². The lowest BCUT2D eigenvalue weighted by Gasteiger charge is -2.04. The first kappa shape index (κ1) is 11.6. The van der Waals surface area contributed by atoms with E-state index in [1.807, 2.05) is 13.0 Å². The molecule has 3 rings (SSSR count). The van der Waals surface area contributed by atoms with Crippen LogP contribution >= 0.6 is 0 Å². The van der Waals surface area contributed by atoms with Gasteiger partial charge in [-0.05, 0) is 42.3 Å². The Balaban J connectivity index is 2.06. The Labute approximate surface area is 108 Å². The number of nitrogens with zero attached hydrogens (tertiary/aromatic N) is 3. The second kappa shape index (κ2) is 4.35. The standard InChI is InChI=1S/C14H12FN3O/c1-10-8-12(15)6-5-11(10)9-18-14(19)17-7-3-2-4-13(17)16-18/h2-8H,9H2,1H3. The van der Waals surface area contributed by atoms with Crippen LogP contribution in [0.25, 0.3) is 5.65 Å². The van der Waals surface area contributed by atoms with Gasteiger partial charge in [0.2, 0.25) is 0 Å². The molecule has 4 nitrogen and oxygen atoms in total. The van der Waals surface area contributed by atoms with Crippen LogP contribution in [0.5, 0.6) is 0 Å². The maximum atomic E-state index is 13.0. The van der Waals surface area contributed by atoms with Gasteiger partial charge in [-0.1, -0.05) is 12.1 Å². The molecule has 3 aromatic rings. The Morgan fingerprint density at radius 3 is 2.84 bits per heavy atom. The normalized spacial score (nSPS) is 11.1. The highest BCUT2D eigenvalue weighted by Crippen LogP contribution is 2.11. The van der Waals surface area contributed by atoms with Crippen molar-refractivity contribution < 1.29 is 4.39 Å². The molecule has 0 aliphatic rings. The monoisotopic (exact) mass is 257 g/mol. The summed E-state index contributed by atoms with van der Waals surface area (Å²) in [6.07, 6.45) is 1.68. The van der Waals surface area contributed by atoms with E-state index in [0.29, 0.717) is 12.2 Å². The molecule has 96 valence electrons. The van der Waals surface area contributed by atoms with Crippen LogP contribution in [0.2, 0.25) is 0 Å². The number of pyridine rings is 1. The number of halogens is 1. The Hall–Kier alpha value is -2.43. The molecule has 2 heterocycles. The van der Waals surface area contributed by atoms with E-state index in [9.17, 15) is 9.18 Å².